The van der Waals surface area contributed by atoms with Gasteiger partial charge in [-0.1, -0.05) is 41.7 Å². The number of hydrogen-bond acceptors (Lipinski definition) is 4. The van der Waals surface area contributed by atoms with Crippen molar-refractivity contribution >= 4 is 68.3 Å². The van der Waals surface area contributed by atoms with Crippen molar-refractivity contribution in [2.24, 2.45) is 0 Å². The topological polar surface area (TPSA) is 75.6 Å². The number of aliphatic hydroxyl groups is 1. The largest absolute Gasteiger partial charge is 0.383 e. The van der Waals surface area contributed by atoms with Crippen LogP contribution in [0.2, 0.25) is 15.1 Å². The highest BCUT2D eigenvalue weighted by Gasteiger charge is 2.39. The molecule has 5 nitrogen and oxygen atoms in total. The summed E-state index contributed by atoms with van der Waals surface area (Å²) in [5.41, 5.74) is -1.71. The van der Waals surface area contributed by atoms with Gasteiger partial charge in [-0.3, -0.25) is 4.18 Å². The lowest BCUT2D eigenvalue weighted by molar-refractivity contribution is -0.0178. The first-order chi connectivity index (χ1) is 10.8. The van der Waals surface area contributed by atoms with Gasteiger partial charge < -0.3 is 5.11 Å². The number of alkyl halides is 2. The highest BCUT2D eigenvalue weighted by Crippen LogP contribution is 2.41. The van der Waals surface area contributed by atoms with Crippen molar-refractivity contribution in [1.82, 2.24) is 4.72 Å². The minimum atomic E-state index is -4.05. The van der Waals surface area contributed by atoms with E-state index in [-0.39, 0.29) is 33.6 Å². The summed E-state index contributed by atoms with van der Waals surface area (Å²) < 4.78 is 28.9. The average Bonchev–Trinajstić information content (AvgIpc) is 2.40. The Bertz CT molecular complexity index is 669. The fourth-order valence-corrected chi connectivity index (χ4v) is 3.79. The minimum Gasteiger partial charge on any atom is -0.383 e. The Labute approximate surface area is 166 Å². The van der Waals surface area contributed by atoms with Crippen LogP contribution in [0.15, 0.2) is 12.1 Å². The Hall–Kier alpha value is 0.500. The molecule has 0 aliphatic heterocycles. The molecule has 0 aliphatic carbocycles. The van der Waals surface area contributed by atoms with Gasteiger partial charge in [-0.15, -0.1) is 23.2 Å². The molecule has 1 atom stereocenters. The molecule has 24 heavy (non-hydrogen) atoms. The molecule has 2 N–H and O–H groups in total. The maximum absolute atomic E-state index is 11.7. The lowest BCUT2D eigenvalue weighted by Crippen LogP contribution is -2.39. The summed E-state index contributed by atoms with van der Waals surface area (Å²) in [6.45, 7) is 2.51. The Balaban J connectivity index is 3.25. The third kappa shape index (κ3) is 6.67. The molecule has 11 heteroatoms. The van der Waals surface area contributed by atoms with E-state index in [1.807, 2.05) is 0 Å². The molecule has 1 aromatic rings. The van der Waals surface area contributed by atoms with Crippen molar-refractivity contribution in [2.75, 3.05) is 13.2 Å². The van der Waals surface area contributed by atoms with Gasteiger partial charge in [0.25, 0.3) is 0 Å². The van der Waals surface area contributed by atoms with Crippen molar-refractivity contribution in [1.29, 1.82) is 0 Å². The van der Waals surface area contributed by atoms with Gasteiger partial charge in [0.05, 0.1) is 15.1 Å². The first-order valence-corrected chi connectivity index (χ1v) is 9.99. The number of halogens is 5. The maximum Gasteiger partial charge on any atom is 0.335 e. The summed E-state index contributed by atoms with van der Waals surface area (Å²) in [5, 5.41) is 11.2. The summed E-state index contributed by atoms with van der Waals surface area (Å²) in [7, 11) is -4.05. The van der Waals surface area contributed by atoms with Crippen LogP contribution in [0.1, 0.15) is 25.8 Å². The summed E-state index contributed by atoms with van der Waals surface area (Å²) in [4.78, 5) is 0. The highest BCUT2D eigenvalue weighted by atomic mass is 35.5. The lowest BCUT2D eigenvalue weighted by Gasteiger charge is -2.32. The van der Waals surface area contributed by atoms with Crippen molar-refractivity contribution in [3.8, 4) is 0 Å². The van der Waals surface area contributed by atoms with E-state index in [1.165, 1.54) is 19.1 Å². The lowest BCUT2D eigenvalue weighted by atomic mass is 9.90. The normalized spacial score (nSPS) is 15.3. The van der Waals surface area contributed by atoms with Crippen molar-refractivity contribution in [3.63, 3.8) is 0 Å². The van der Waals surface area contributed by atoms with Crippen LogP contribution in [-0.2, 0) is 20.1 Å². The smallest absolute Gasteiger partial charge is 0.335 e. The van der Waals surface area contributed by atoms with E-state index in [1.54, 1.807) is 6.92 Å². The standard InChI is InChI=1S/C13H16Cl5NO4S/c1-3-19-24(21,22)23-7-13(20,6-12(2,17)18)8-4-9(14)11(16)10(15)5-8/h4-5,19-20H,3,6-7H2,1-2H3. The van der Waals surface area contributed by atoms with Gasteiger partial charge in [0.15, 0.2) is 0 Å². The van der Waals surface area contributed by atoms with Crippen LogP contribution in [0.5, 0.6) is 0 Å². The van der Waals surface area contributed by atoms with Gasteiger partial charge >= 0.3 is 10.3 Å². The van der Waals surface area contributed by atoms with Crippen LogP contribution in [-0.4, -0.2) is 31.0 Å². The molecule has 0 amide bonds. The van der Waals surface area contributed by atoms with E-state index in [2.05, 4.69) is 4.72 Å². The molecule has 0 saturated heterocycles. The summed E-state index contributed by atoms with van der Waals surface area (Å²) >= 11 is 29.8. The van der Waals surface area contributed by atoms with E-state index in [0.29, 0.717) is 0 Å². The third-order valence-corrected chi connectivity index (χ3v) is 5.43. The van der Waals surface area contributed by atoms with Gasteiger partial charge in [0.2, 0.25) is 0 Å². The predicted molar refractivity (Wildman–Crippen MR) is 98.6 cm³/mol. The van der Waals surface area contributed by atoms with Crippen molar-refractivity contribution < 1.29 is 17.7 Å². The quantitative estimate of drug-likeness (QED) is 0.449. The van der Waals surface area contributed by atoms with Crippen LogP contribution >= 0.6 is 58.0 Å². The zero-order valence-corrected chi connectivity index (χ0v) is 17.3. The van der Waals surface area contributed by atoms with Gasteiger partial charge in [0, 0.05) is 13.0 Å². The Morgan fingerprint density at radius 1 is 1.21 bits per heavy atom. The third-order valence-electron chi connectivity index (χ3n) is 2.90. The molecule has 1 aromatic carbocycles. The summed E-state index contributed by atoms with van der Waals surface area (Å²) in [5.74, 6) is 0. The fraction of sp³-hybridized carbons (Fsp3) is 0.538. The summed E-state index contributed by atoms with van der Waals surface area (Å²) in [6, 6.07) is 2.69. The van der Waals surface area contributed by atoms with Crippen molar-refractivity contribution in [3.05, 3.63) is 32.8 Å². The molecular formula is C13H16Cl5NO4S. The summed E-state index contributed by atoms with van der Waals surface area (Å²) in [6.07, 6.45) is -0.251. The SMILES string of the molecule is CCNS(=O)(=O)OCC(O)(CC(C)(Cl)Cl)c1cc(Cl)c(Cl)c(Cl)c1. The average molecular weight is 460 g/mol. The molecule has 0 radical (unpaired) electrons. The first kappa shape index (κ1) is 22.5. The molecule has 1 unspecified atom stereocenters. The van der Waals surface area contributed by atoms with Crippen LogP contribution < -0.4 is 4.72 Å². The second-order valence-corrected chi connectivity index (χ2v) is 9.73. The predicted octanol–water partition coefficient (Wildman–Crippen LogP) is 4.29. The van der Waals surface area contributed by atoms with E-state index < -0.39 is 26.8 Å². The molecule has 0 spiro atoms. The van der Waals surface area contributed by atoms with Crippen molar-refractivity contribution in [2.45, 2.75) is 30.2 Å². The van der Waals surface area contributed by atoms with Crippen LogP contribution in [0, 0.1) is 0 Å². The van der Waals surface area contributed by atoms with E-state index >= 15 is 0 Å². The molecule has 138 valence electrons. The molecule has 0 bridgehead atoms. The molecule has 0 aromatic heterocycles. The monoisotopic (exact) mass is 457 g/mol. The molecular weight excluding hydrogens is 443 g/mol. The van der Waals surface area contributed by atoms with Crippen LogP contribution in [0.3, 0.4) is 0 Å². The van der Waals surface area contributed by atoms with Gasteiger partial charge in [0.1, 0.15) is 16.5 Å². The Kier molecular flexibility index (Phi) is 7.95. The zero-order valence-electron chi connectivity index (χ0n) is 12.7. The van der Waals surface area contributed by atoms with Gasteiger partial charge in [-0.25, -0.2) is 0 Å². The molecule has 0 aliphatic rings. The second-order valence-electron chi connectivity index (χ2n) is 5.25. The Morgan fingerprint density at radius 2 is 1.71 bits per heavy atom. The number of rotatable bonds is 8. The maximum atomic E-state index is 11.7. The van der Waals surface area contributed by atoms with Crippen LogP contribution in [0.4, 0.5) is 0 Å². The Morgan fingerprint density at radius 3 is 2.12 bits per heavy atom. The second kappa shape index (κ2) is 8.46. The van der Waals surface area contributed by atoms with E-state index in [9.17, 15) is 13.5 Å². The fourth-order valence-electron chi connectivity index (χ4n) is 1.97. The highest BCUT2D eigenvalue weighted by molar-refractivity contribution is 7.84. The molecule has 0 saturated carbocycles. The number of hydrogen-bond donors (Lipinski definition) is 2. The first-order valence-electron chi connectivity index (χ1n) is 6.69. The molecule has 1 rings (SSSR count). The van der Waals surface area contributed by atoms with E-state index in [4.69, 9.17) is 62.2 Å². The zero-order chi connectivity index (χ0) is 18.8. The van der Waals surface area contributed by atoms with Gasteiger partial charge in [-0.2, -0.15) is 13.1 Å². The number of nitrogens with one attached hydrogen (secondary N) is 1. The minimum absolute atomic E-state index is 0.0815. The number of benzene rings is 1. The van der Waals surface area contributed by atoms with Gasteiger partial charge in [-0.05, 0) is 24.6 Å². The van der Waals surface area contributed by atoms with Crippen LogP contribution in [0.25, 0.3) is 0 Å². The molecule has 0 heterocycles. The van der Waals surface area contributed by atoms with E-state index in [0.717, 1.165) is 0 Å². The molecule has 0 fully saturated rings.